The van der Waals surface area contributed by atoms with Crippen molar-refractivity contribution in [1.82, 2.24) is 10.2 Å². The van der Waals surface area contributed by atoms with Gasteiger partial charge in [0.2, 0.25) is 5.91 Å². The molecular weight excluding hydrogens is 482 g/mol. The number of halogens is 1. The van der Waals surface area contributed by atoms with Gasteiger partial charge in [-0.3, -0.25) is 4.79 Å². The van der Waals surface area contributed by atoms with Gasteiger partial charge in [-0.1, -0.05) is 41.9 Å². The van der Waals surface area contributed by atoms with Gasteiger partial charge in [-0.2, -0.15) is 0 Å². The van der Waals surface area contributed by atoms with E-state index in [1.54, 1.807) is 31.4 Å². The van der Waals surface area contributed by atoms with Gasteiger partial charge in [0.15, 0.2) is 10.8 Å². The average molecular weight is 508 g/mol. The number of benzene rings is 3. The number of thiocarbonyl (C=S) groups is 1. The second-order valence-corrected chi connectivity index (χ2v) is 9.67. The first-order valence-electron chi connectivity index (χ1n) is 11.4. The van der Waals surface area contributed by atoms with Crippen LogP contribution in [0.4, 0.5) is 5.69 Å². The van der Waals surface area contributed by atoms with Crippen LogP contribution in [0.25, 0.3) is 0 Å². The van der Waals surface area contributed by atoms with Crippen molar-refractivity contribution in [3.05, 3.63) is 88.9 Å². The Labute approximate surface area is 215 Å². The Morgan fingerprint density at radius 3 is 2.63 bits per heavy atom. The van der Waals surface area contributed by atoms with Gasteiger partial charge in [-0.25, -0.2) is 0 Å². The van der Waals surface area contributed by atoms with Gasteiger partial charge in [0, 0.05) is 22.8 Å². The third-order valence-corrected chi connectivity index (χ3v) is 7.29. The van der Waals surface area contributed by atoms with Crippen LogP contribution in [0, 0.1) is 5.92 Å². The summed E-state index contributed by atoms with van der Waals surface area (Å²) >= 11 is 11.8. The summed E-state index contributed by atoms with van der Waals surface area (Å²) in [5, 5.41) is 7.63. The third-order valence-electron chi connectivity index (χ3n) is 6.70. The zero-order valence-corrected chi connectivity index (χ0v) is 21.0. The smallest absolute Gasteiger partial charge is 0.236 e. The van der Waals surface area contributed by atoms with Crippen LogP contribution >= 0.6 is 23.8 Å². The van der Waals surface area contributed by atoms with E-state index in [0.29, 0.717) is 33.9 Å². The molecule has 0 unspecified atom stereocenters. The molecule has 0 saturated carbocycles. The van der Waals surface area contributed by atoms with Gasteiger partial charge in [0.1, 0.15) is 17.4 Å². The predicted octanol–water partition coefficient (Wildman–Crippen LogP) is 5.19. The highest BCUT2D eigenvalue weighted by Gasteiger charge is 2.58. The maximum absolute atomic E-state index is 13.8. The Bertz CT molecular complexity index is 1250. The number of nitrogens with one attached hydrogen (secondary N) is 2. The maximum Gasteiger partial charge on any atom is 0.236 e. The maximum atomic E-state index is 13.8. The molecule has 2 aliphatic heterocycles. The Kier molecular flexibility index (Phi) is 6.30. The van der Waals surface area contributed by atoms with Crippen LogP contribution in [-0.4, -0.2) is 35.3 Å². The monoisotopic (exact) mass is 507 g/mol. The van der Waals surface area contributed by atoms with Crippen molar-refractivity contribution in [2.75, 3.05) is 19.0 Å². The van der Waals surface area contributed by atoms with Crippen LogP contribution in [-0.2, 0) is 11.2 Å². The van der Waals surface area contributed by atoms with E-state index in [0.717, 1.165) is 12.0 Å². The van der Waals surface area contributed by atoms with Crippen molar-refractivity contribution in [2.45, 2.75) is 25.1 Å². The third kappa shape index (κ3) is 4.42. The molecule has 1 fully saturated rings. The molecule has 2 heterocycles. The van der Waals surface area contributed by atoms with Gasteiger partial charge in [-0.05, 0) is 73.6 Å². The molecule has 0 aromatic heterocycles. The number of methoxy groups -OCH3 is 1. The number of carbonyl (C=O) groups is 1. The largest absolute Gasteiger partial charge is 0.497 e. The molecule has 2 aliphatic rings. The Hall–Kier alpha value is -3.29. The number of nitrogens with zero attached hydrogens (tertiary/aromatic N) is 1. The summed E-state index contributed by atoms with van der Waals surface area (Å²) < 4.78 is 12.1. The van der Waals surface area contributed by atoms with Crippen LogP contribution in [0.2, 0.25) is 5.02 Å². The van der Waals surface area contributed by atoms with E-state index in [9.17, 15) is 4.79 Å². The number of hydrogen-bond acceptors (Lipinski definition) is 4. The molecule has 0 radical (unpaired) electrons. The van der Waals surface area contributed by atoms with Gasteiger partial charge < -0.3 is 25.0 Å². The normalized spacial score (nSPS) is 22.5. The lowest BCUT2D eigenvalue weighted by Gasteiger charge is -2.56. The van der Waals surface area contributed by atoms with Crippen molar-refractivity contribution in [3.8, 4) is 11.5 Å². The van der Waals surface area contributed by atoms with Crippen LogP contribution in [0.1, 0.15) is 24.1 Å². The highest BCUT2D eigenvalue weighted by molar-refractivity contribution is 7.80. The number of anilines is 1. The zero-order valence-electron chi connectivity index (χ0n) is 19.5. The SMILES string of the molecule is COc1ccc2c(c1)[C@@H]1NC(=S)N(CCc3ccccc3)[C@](C)(O2)[C@@H]1C(=O)Nc1ccc(Cl)cc1. The van der Waals surface area contributed by atoms with Crippen molar-refractivity contribution in [2.24, 2.45) is 5.92 Å². The summed E-state index contributed by atoms with van der Waals surface area (Å²) in [5.41, 5.74) is 1.68. The second kappa shape index (κ2) is 9.40. The molecule has 2 bridgehead atoms. The van der Waals surface area contributed by atoms with Gasteiger partial charge in [-0.15, -0.1) is 0 Å². The van der Waals surface area contributed by atoms with Crippen LogP contribution in [0.15, 0.2) is 72.8 Å². The summed E-state index contributed by atoms with van der Waals surface area (Å²) in [6.45, 7) is 2.53. The average Bonchev–Trinajstić information content (AvgIpc) is 2.85. The fourth-order valence-electron chi connectivity index (χ4n) is 4.92. The van der Waals surface area contributed by atoms with Crippen molar-refractivity contribution < 1.29 is 14.3 Å². The van der Waals surface area contributed by atoms with E-state index in [1.807, 2.05) is 48.2 Å². The fourth-order valence-corrected chi connectivity index (χ4v) is 5.44. The second-order valence-electron chi connectivity index (χ2n) is 8.85. The van der Waals surface area contributed by atoms with Crippen molar-refractivity contribution >= 4 is 40.5 Å². The lowest BCUT2D eigenvalue weighted by molar-refractivity contribution is -0.149. The van der Waals surface area contributed by atoms with Gasteiger partial charge >= 0.3 is 0 Å². The molecule has 0 aliphatic carbocycles. The summed E-state index contributed by atoms with van der Waals surface area (Å²) in [5.74, 6) is 0.619. The molecule has 5 rings (SSSR count). The Morgan fingerprint density at radius 1 is 1.17 bits per heavy atom. The molecule has 8 heteroatoms. The summed E-state index contributed by atoms with van der Waals surface area (Å²) in [7, 11) is 1.62. The predicted molar refractivity (Wildman–Crippen MR) is 141 cm³/mol. The first-order chi connectivity index (χ1) is 16.9. The van der Waals surface area contributed by atoms with Gasteiger partial charge in [0.05, 0.1) is 13.2 Å². The quantitative estimate of drug-likeness (QED) is 0.448. The molecule has 180 valence electrons. The molecule has 2 N–H and O–H groups in total. The first kappa shape index (κ1) is 23.5. The Balaban J connectivity index is 1.52. The number of carbonyl (C=O) groups excluding carboxylic acids is 1. The lowest BCUT2D eigenvalue weighted by atomic mass is 9.78. The minimum atomic E-state index is -1.00. The number of hydrogen-bond donors (Lipinski definition) is 2. The minimum absolute atomic E-state index is 0.173. The summed E-state index contributed by atoms with van der Waals surface area (Å²) in [6, 6.07) is 22.5. The number of fused-ring (bicyclic) bond motifs is 4. The van der Waals surface area contributed by atoms with Gasteiger partial charge in [0.25, 0.3) is 0 Å². The van der Waals surface area contributed by atoms with E-state index < -0.39 is 11.6 Å². The van der Waals surface area contributed by atoms with E-state index >= 15 is 0 Å². The first-order valence-corrected chi connectivity index (χ1v) is 12.2. The number of rotatable bonds is 6. The highest BCUT2D eigenvalue weighted by atomic mass is 35.5. The lowest BCUT2D eigenvalue weighted by Crippen LogP contribution is -2.71. The molecule has 3 aromatic carbocycles. The van der Waals surface area contributed by atoms with Crippen LogP contribution < -0.4 is 20.1 Å². The van der Waals surface area contributed by atoms with Crippen LogP contribution in [0.5, 0.6) is 11.5 Å². The molecule has 35 heavy (non-hydrogen) atoms. The topological polar surface area (TPSA) is 62.8 Å². The van der Waals surface area contributed by atoms with E-state index in [1.165, 1.54) is 5.56 Å². The van der Waals surface area contributed by atoms with E-state index in [-0.39, 0.29) is 11.9 Å². The van der Waals surface area contributed by atoms with E-state index in [4.69, 9.17) is 33.3 Å². The standard InChI is InChI=1S/C27H26ClN3O3S/c1-27-23(25(32)29-19-10-8-18(28)9-11-19)24(21-16-20(33-2)12-13-22(21)34-27)30-26(35)31(27)15-14-17-6-4-3-5-7-17/h3-13,16,23-24H,14-15H2,1-2H3,(H,29,32)(H,30,35)/t23-,24-,27+/m0/s1. The number of ether oxygens (including phenoxy) is 2. The summed E-state index contributed by atoms with van der Waals surface area (Å²) in [6.07, 6.45) is 0.757. The number of amides is 1. The molecule has 3 aromatic rings. The summed E-state index contributed by atoms with van der Waals surface area (Å²) in [4.78, 5) is 15.8. The molecule has 3 atom stereocenters. The molecule has 1 saturated heterocycles. The van der Waals surface area contributed by atoms with Crippen molar-refractivity contribution in [1.29, 1.82) is 0 Å². The minimum Gasteiger partial charge on any atom is -0.497 e. The Morgan fingerprint density at radius 2 is 1.91 bits per heavy atom. The zero-order chi connectivity index (χ0) is 24.6. The van der Waals surface area contributed by atoms with E-state index in [2.05, 4.69) is 22.8 Å². The molecule has 0 spiro atoms. The molecular formula is C27H26ClN3O3S. The van der Waals surface area contributed by atoms with Crippen molar-refractivity contribution in [3.63, 3.8) is 0 Å². The fraction of sp³-hybridized carbons (Fsp3) is 0.259. The molecule has 1 amide bonds. The molecule has 6 nitrogen and oxygen atoms in total. The van der Waals surface area contributed by atoms with Crippen LogP contribution in [0.3, 0.4) is 0 Å². The highest BCUT2D eigenvalue weighted by Crippen LogP contribution is 2.49.